The van der Waals surface area contributed by atoms with Crippen LogP contribution in [-0.2, 0) is 19.2 Å². The van der Waals surface area contributed by atoms with Gasteiger partial charge in [0.05, 0.1) is 20.1 Å². The Morgan fingerprint density at radius 2 is 1.30 bits per heavy atom. The highest BCUT2D eigenvalue weighted by Crippen LogP contribution is 2.33. The maximum atomic E-state index is 13.3. The lowest BCUT2D eigenvalue weighted by molar-refractivity contribution is -0.137. The molecule has 3 atom stereocenters. The van der Waals surface area contributed by atoms with Crippen LogP contribution < -0.4 is 30.4 Å². The molecule has 3 rings (SSSR count). The molecular weight excluding hydrogens is 564 g/mol. The summed E-state index contributed by atoms with van der Waals surface area (Å²) in [6.45, 7) is 7.30. The third-order valence-electron chi connectivity index (χ3n) is 7.47. The van der Waals surface area contributed by atoms with Gasteiger partial charge in [0.25, 0.3) is 0 Å². The molecule has 0 spiro atoms. The van der Waals surface area contributed by atoms with Gasteiger partial charge in [-0.15, -0.1) is 0 Å². The van der Waals surface area contributed by atoms with E-state index in [1.54, 1.807) is 48.6 Å². The topological polar surface area (TPSA) is 157 Å². The lowest BCUT2D eigenvalue weighted by Gasteiger charge is -2.21. The zero-order chi connectivity index (χ0) is 32.6. The molecule has 1 saturated carbocycles. The first kappa shape index (κ1) is 34.2. The number of rotatable bonds is 12. The number of esters is 2. The summed E-state index contributed by atoms with van der Waals surface area (Å²) in [7, 11) is 2.90. The normalized spacial score (nSPS) is 17.5. The number of methoxy groups -OCH3 is 2. The summed E-state index contributed by atoms with van der Waals surface area (Å²) in [5.74, 6) is -1.57. The summed E-state index contributed by atoms with van der Waals surface area (Å²) < 4.78 is 21.6. The molecule has 1 aliphatic rings. The van der Waals surface area contributed by atoms with Crippen molar-refractivity contribution in [2.24, 2.45) is 29.2 Å². The minimum atomic E-state index is -0.800. The maximum Gasteiger partial charge on any atom is 0.328 e. The van der Waals surface area contributed by atoms with Gasteiger partial charge < -0.3 is 30.4 Å². The molecule has 4 N–H and O–H groups in total. The molecule has 44 heavy (non-hydrogen) atoms. The Hall–Kier alpha value is -4.28. The van der Waals surface area contributed by atoms with E-state index in [0.29, 0.717) is 47.5 Å². The van der Waals surface area contributed by atoms with Gasteiger partial charge in [-0.1, -0.05) is 45.9 Å². The maximum absolute atomic E-state index is 13.3. The molecule has 236 valence electrons. The summed E-state index contributed by atoms with van der Waals surface area (Å²) in [6, 6.07) is 8.30. The van der Waals surface area contributed by atoms with Crippen LogP contribution in [0.4, 0.5) is 0 Å². The Morgan fingerprint density at radius 1 is 0.795 bits per heavy atom. The Bertz CT molecular complexity index is 1440. The van der Waals surface area contributed by atoms with E-state index in [2.05, 4.69) is 0 Å². The van der Waals surface area contributed by atoms with Crippen LogP contribution in [0.1, 0.15) is 58.1 Å². The fourth-order valence-electron chi connectivity index (χ4n) is 4.51. The smallest absolute Gasteiger partial charge is 0.328 e. The van der Waals surface area contributed by atoms with Crippen LogP contribution in [-0.4, -0.2) is 49.8 Å². The van der Waals surface area contributed by atoms with E-state index in [1.807, 2.05) is 27.7 Å². The molecule has 0 heterocycles. The predicted octanol–water partition coefficient (Wildman–Crippen LogP) is 4.52. The Balaban J connectivity index is 1.72. The van der Waals surface area contributed by atoms with E-state index in [4.69, 9.17) is 30.4 Å². The van der Waals surface area contributed by atoms with Gasteiger partial charge in [0.2, 0.25) is 0 Å². The third-order valence-corrected chi connectivity index (χ3v) is 7.47. The number of benzene rings is 2. The standard InChI is InChI=1S/C34H42N2O8/c1-19(2)30(35)33(39)43-26-14-11-21(17-28(26)41-5)10-13-25(37)24-9-7-8-23(32(24)38)16-22-12-15-27(29(18-22)42-6)44-34(40)31(36)20(3)4/h10-20,24,30-31H,7-9,35-36H2,1-6H3/b13-10+,23-16+. The van der Waals surface area contributed by atoms with E-state index in [0.717, 1.165) is 0 Å². The Labute approximate surface area is 258 Å². The van der Waals surface area contributed by atoms with Crippen molar-refractivity contribution < 1.29 is 38.1 Å². The van der Waals surface area contributed by atoms with E-state index in [9.17, 15) is 19.2 Å². The highest BCUT2D eigenvalue weighted by molar-refractivity contribution is 6.16. The first-order valence-electron chi connectivity index (χ1n) is 14.6. The number of carbonyl (C=O) groups is 4. The monoisotopic (exact) mass is 606 g/mol. The van der Waals surface area contributed by atoms with Crippen molar-refractivity contribution in [3.63, 3.8) is 0 Å². The predicted molar refractivity (Wildman–Crippen MR) is 167 cm³/mol. The number of ketones is 2. The average molecular weight is 607 g/mol. The molecule has 1 fully saturated rings. The molecule has 0 amide bonds. The van der Waals surface area contributed by atoms with Gasteiger partial charge >= 0.3 is 11.9 Å². The summed E-state index contributed by atoms with van der Waals surface area (Å²) in [5.41, 5.74) is 13.6. The molecule has 0 saturated heterocycles. The summed E-state index contributed by atoms with van der Waals surface area (Å²) in [6.07, 6.45) is 6.37. The van der Waals surface area contributed by atoms with Gasteiger partial charge in [-0.3, -0.25) is 9.59 Å². The molecule has 0 bridgehead atoms. The molecular formula is C34H42N2O8. The highest BCUT2D eigenvalue weighted by Gasteiger charge is 2.31. The lowest BCUT2D eigenvalue weighted by atomic mass is 9.81. The molecule has 0 aliphatic heterocycles. The number of Topliss-reactive ketones (excluding diaryl/α,β-unsaturated/α-hetero) is 1. The minimum absolute atomic E-state index is 0.0884. The first-order valence-corrected chi connectivity index (χ1v) is 14.6. The second-order valence-electron chi connectivity index (χ2n) is 11.4. The first-order chi connectivity index (χ1) is 20.9. The molecule has 1 aliphatic carbocycles. The van der Waals surface area contributed by atoms with Crippen molar-refractivity contribution in [3.8, 4) is 23.0 Å². The van der Waals surface area contributed by atoms with Crippen LogP contribution in [0.25, 0.3) is 12.2 Å². The second kappa shape index (κ2) is 15.4. The highest BCUT2D eigenvalue weighted by atomic mass is 16.6. The third kappa shape index (κ3) is 8.64. The molecule has 0 aromatic heterocycles. The van der Waals surface area contributed by atoms with E-state index < -0.39 is 29.9 Å². The summed E-state index contributed by atoms with van der Waals surface area (Å²) in [4.78, 5) is 51.0. The van der Waals surface area contributed by atoms with Crippen molar-refractivity contribution in [1.82, 2.24) is 0 Å². The number of ether oxygens (including phenoxy) is 4. The number of nitrogens with two attached hydrogens (primary N) is 2. The van der Waals surface area contributed by atoms with Gasteiger partial charge in [0, 0.05) is 0 Å². The van der Waals surface area contributed by atoms with Crippen molar-refractivity contribution in [3.05, 3.63) is 59.2 Å². The van der Waals surface area contributed by atoms with E-state index in [1.165, 1.54) is 20.3 Å². The molecule has 0 radical (unpaired) electrons. The molecule has 10 nitrogen and oxygen atoms in total. The number of hydrogen-bond donors (Lipinski definition) is 2. The number of carbonyl (C=O) groups excluding carboxylic acids is 4. The van der Waals surface area contributed by atoms with Gasteiger partial charge in [-0.2, -0.15) is 0 Å². The van der Waals surface area contributed by atoms with Gasteiger partial charge in [-0.25, -0.2) is 9.59 Å². The van der Waals surface area contributed by atoms with Crippen LogP contribution in [0.15, 0.2) is 48.0 Å². The van der Waals surface area contributed by atoms with Crippen LogP contribution in [0.5, 0.6) is 23.0 Å². The quantitative estimate of drug-likeness (QED) is 0.152. The summed E-state index contributed by atoms with van der Waals surface area (Å²) >= 11 is 0. The fourth-order valence-corrected chi connectivity index (χ4v) is 4.51. The van der Waals surface area contributed by atoms with Crippen molar-refractivity contribution in [2.45, 2.75) is 59.0 Å². The zero-order valence-electron chi connectivity index (χ0n) is 26.1. The largest absolute Gasteiger partial charge is 0.493 e. The Kier molecular flexibility index (Phi) is 12.0. The molecule has 2 aromatic rings. The SMILES string of the molecule is COc1cc(/C=C/C(=O)C2CCC/C(=C\c3ccc(OC(=O)C(N)C(C)C)c(OC)c3)C2=O)ccc1OC(=O)C(N)C(C)C. The van der Waals surface area contributed by atoms with Gasteiger partial charge in [-0.05, 0) is 84.2 Å². The molecule has 3 unspecified atom stereocenters. The van der Waals surface area contributed by atoms with Crippen molar-refractivity contribution >= 4 is 35.7 Å². The van der Waals surface area contributed by atoms with Gasteiger partial charge in [0.15, 0.2) is 34.6 Å². The minimum Gasteiger partial charge on any atom is -0.493 e. The van der Waals surface area contributed by atoms with Crippen LogP contribution >= 0.6 is 0 Å². The zero-order valence-corrected chi connectivity index (χ0v) is 26.1. The van der Waals surface area contributed by atoms with Gasteiger partial charge in [0.1, 0.15) is 12.1 Å². The number of allylic oxidation sites excluding steroid dienone is 2. The lowest BCUT2D eigenvalue weighted by Crippen LogP contribution is -2.38. The average Bonchev–Trinajstić information content (AvgIpc) is 3.00. The summed E-state index contributed by atoms with van der Waals surface area (Å²) in [5, 5.41) is 0. The van der Waals surface area contributed by atoms with Crippen molar-refractivity contribution in [1.29, 1.82) is 0 Å². The molecule has 10 heteroatoms. The fraction of sp³-hybridized carbons (Fsp3) is 0.412. The second-order valence-corrected chi connectivity index (χ2v) is 11.4. The Morgan fingerprint density at radius 3 is 1.80 bits per heavy atom. The van der Waals surface area contributed by atoms with Crippen LogP contribution in [0, 0.1) is 17.8 Å². The van der Waals surface area contributed by atoms with Crippen LogP contribution in [0.2, 0.25) is 0 Å². The van der Waals surface area contributed by atoms with Crippen LogP contribution in [0.3, 0.4) is 0 Å². The number of hydrogen-bond acceptors (Lipinski definition) is 10. The molecule has 2 aromatic carbocycles. The van der Waals surface area contributed by atoms with E-state index >= 15 is 0 Å². The van der Waals surface area contributed by atoms with Crippen molar-refractivity contribution in [2.75, 3.05) is 14.2 Å². The van der Waals surface area contributed by atoms with E-state index in [-0.39, 0.29) is 34.9 Å².